The number of rotatable bonds is 8. The number of aromatic nitrogens is 1. The molecular formula is C30H35Cl2N3O. The third-order valence-electron chi connectivity index (χ3n) is 8.00. The average molecular weight is 525 g/mol. The van der Waals surface area contributed by atoms with Gasteiger partial charge in [-0.25, -0.2) is 4.79 Å². The Labute approximate surface area is 225 Å². The summed E-state index contributed by atoms with van der Waals surface area (Å²) in [6.45, 7) is 4.81. The lowest BCUT2D eigenvalue weighted by molar-refractivity contribution is 0.161. The minimum absolute atomic E-state index is 0.115. The topological polar surface area (TPSA) is 36.4 Å². The third kappa shape index (κ3) is 6.15. The lowest BCUT2D eigenvalue weighted by Crippen LogP contribution is -2.43. The normalized spacial score (nSPS) is 26.8. The van der Waals surface area contributed by atoms with Crippen molar-refractivity contribution in [2.75, 3.05) is 19.6 Å². The summed E-state index contributed by atoms with van der Waals surface area (Å²) in [5.41, 5.74) is 3.76. The Morgan fingerprint density at radius 3 is 2.86 bits per heavy atom. The van der Waals surface area contributed by atoms with Crippen LogP contribution in [0.1, 0.15) is 50.2 Å². The predicted molar refractivity (Wildman–Crippen MR) is 147 cm³/mol. The number of carbonyl (C=O) groups is 1. The van der Waals surface area contributed by atoms with E-state index in [9.17, 15) is 4.79 Å². The minimum Gasteiger partial charge on any atom is -0.324 e. The van der Waals surface area contributed by atoms with Crippen LogP contribution in [0.2, 0.25) is 5.02 Å². The number of allylic oxidation sites excluding steroid dienone is 2. The predicted octanol–water partition coefficient (Wildman–Crippen LogP) is 7.28. The second-order valence-corrected chi connectivity index (χ2v) is 12.4. The van der Waals surface area contributed by atoms with Crippen molar-refractivity contribution in [2.24, 2.45) is 11.3 Å². The van der Waals surface area contributed by atoms with Crippen LogP contribution in [0.5, 0.6) is 0 Å². The van der Waals surface area contributed by atoms with Crippen molar-refractivity contribution in [1.82, 2.24) is 14.8 Å². The monoisotopic (exact) mass is 523 g/mol. The van der Waals surface area contributed by atoms with E-state index in [1.165, 1.54) is 24.8 Å². The summed E-state index contributed by atoms with van der Waals surface area (Å²) in [5, 5.41) is 0.692. The molecule has 4 nitrogen and oxygen atoms in total. The van der Waals surface area contributed by atoms with Gasteiger partial charge < -0.3 is 9.80 Å². The van der Waals surface area contributed by atoms with Gasteiger partial charge >= 0.3 is 6.03 Å². The summed E-state index contributed by atoms with van der Waals surface area (Å²) >= 11 is 12.9. The van der Waals surface area contributed by atoms with Crippen LogP contribution in [0, 0.1) is 11.3 Å². The van der Waals surface area contributed by atoms with E-state index in [2.05, 4.69) is 34.2 Å². The van der Waals surface area contributed by atoms with Gasteiger partial charge in [-0.1, -0.05) is 48.0 Å². The van der Waals surface area contributed by atoms with Crippen LogP contribution in [0.4, 0.5) is 4.79 Å². The molecule has 0 radical (unpaired) electrons. The smallest absolute Gasteiger partial charge is 0.320 e. The fourth-order valence-corrected chi connectivity index (χ4v) is 6.44. The van der Waals surface area contributed by atoms with Gasteiger partial charge in [-0.05, 0) is 91.7 Å². The Morgan fingerprint density at radius 2 is 2.08 bits per heavy atom. The van der Waals surface area contributed by atoms with E-state index in [0.29, 0.717) is 23.5 Å². The number of alkyl halides is 1. The molecule has 36 heavy (non-hydrogen) atoms. The van der Waals surface area contributed by atoms with Crippen LogP contribution in [0.25, 0.3) is 0 Å². The second-order valence-electron chi connectivity index (χ2n) is 11.1. The highest BCUT2D eigenvalue weighted by molar-refractivity contribution is 6.30. The van der Waals surface area contributed by atoms with Crippen LogP contribution in [-0.2, 0) is 13.0 Å². The molecule has 5 rings (SSSR count). The zero-order valence-corrected chi connectivity index (χ0v) is 22.5. The number of urea groups is 1. The molecule has 1 aromatic carbocycles. The van der Waals surface area contributed by atoms with Crippen molar-refractivity contribution in [3.8, 4) is 0 Å². The maximum absolute atomic E-state index is 13.8. The van der Waals surface area contributed by atoms with Crippen LogP contribution in [0.3, 0.4) is 0 Å². The largest absolute Gasteiger partial charge is 0.324 e. The number of aryl methyl sites for hydroxylation is 1. The van der Waals surface area contributed by atoms with Crippen LogP contribution in [0.15, 0.2) is 72.6 Å². The van der Waals surface area contributed by atoms with Crippen molar-refractivity contribution >= 4 is 29.2 Å². The molecule has 1 aliphatic heterocycles. The lowest BCUT2D eigenvalue weighted by Gasteiger charge is -2.30. The van der Waals surface area contributed by atoms with Crippen molar-refractivity contribution in [2.45, 2.75) is 56.9 Å². The Balaban J connectivity index is 1.22. The van der Waals surface area contributed by atoms with Gasteiger partial charge in [0.25, 0.3) is 0 Å². The molecule has 6 heteroatoms. The molecule has 1 spiro atoms. The van der Waals surface area contributed by atoms with Crippen LogP contribution >= 0.6 is 23.2 Å². The fraction of sp³-hybridized carbons (Fsp3) is 0.467. The molecule has 0 N–H and O–H groups in total. The standard InChI is InChI=1S/C30H35Cl2N3O/c1-29(32)12-4-8-25(17-29)21-35(20-24-7-3-11-27(31)16-24)28(36)34-15-13-30(22-34)18-26(30)10-2-6-23-9-5-14-33-19-23/h3-5,7-9,11,14,16-17,19,26H,2,6,10,12-13,15,18,20-22H2,1H3/t26-,29?,30?/m0/s1. The van der Waals surface area contributed by atoms with Gasteiger partial charge in [0, 0.05) is 43.6 Å². The molecule has 190 valence electrons. The summed E-state index contributed by atoms with van der Waals surface area (Å²) in [5.74, 6) is 0.731. The Bertz CT molecular complexity index is 1150. The van der Waals surface area contributed by atoms with Crippen molar-refractivity contribution in [3.63, 3.8) is 0 Å². The van der Waals surface area contributed by atoms with E-state index in [4.69, 9.17) is 23.2 Å². The molecule has 1 saturated carbocycles. The van der Waals surface area contributed by atoms with Crippen molar-refractivity contribution in [1.29, 1.82) is 0 Å². The molecule has 2 heterocycles. The van der Waals surface area contributed by atoms with Gasteiger partial charge in [0.2, 0.25) is 0 Å². The van der Waals surface area contributed by atoms with Gasteiger partial charge in [0.1, 0.15) is 0 Å². The maximum Gasteiger partial charge on any atom is 0.320 e. The third-order valence-corrected chi connectivity index (χ3v) is 8.50. The quantitative estimate of drug-likeness (QED) is 0.341. The van der Waals surface area contributed by atoms with Crippen molar-refractivity contribution < 1.29 is 4.79 Å². The van der Waals surface area contributed by atoms with E-state index in [-0.39, 0.29) is 6.03 Å². The number of nitrogens with zero attached hydrogens (tertiary/aromatic N) is 3. The molecule has 3 atom stereocenters. The highest BCUT2D eigenvalue weighted by Crippen LogP contribution is 2.60. The van der Waals surface area contributed by atoms with Gasteiger partial charge in [-0.15, -0.1) is 11.6 Å². The molecule has 2 amide bonds. The first-order valence-corrected chi connectivity index (χ1v) is 13.8. The summed E-state index contributed by atoms with van der Waals surface area (Å²) in [7, 11) is 0. The number of hydrogen-bond acceptors (Lipinski definition) is 2. The molecule has 1 aromatic heterocycles. The summed E-state index contributed by atoms with van der Waals surface area (Å²) in [4.78, 5) is 21.7. The van der Waals surface area contributed by atoms with Gasteiger partial charge in [-0.3, -0.25) is 4.98 Å². The summed E-state index contributed by atoms with van der Waals surface area (Å²) < 4.78 is 0. The van der Waals surface area contributed by atoms with Crippen LogP contribution in [-0.4, -0.2) is 45.3 Å². The maximum atomic E-state index is 13.8. The first-order chi connectivity index (χ1) is 17.3. The van der Waals surface area contributed by atoms with E-state index in [1.54, 1.807) is 0 Å². The highest BCUT2D eigenvalue weighted by atomic mass is 35.5. The number of halogens is 2. The lowest BCUT2D eigenvalue weighted by atomic mass is 9.97. The molecule has 2 aliphatic carbocycles. The number of benzene rings is 1. The molecule has 3 aliphatic rings. The Kier molecular flexibility index (Phi) is 7.46. The molecule has 2 aromatic rings. The van der Waals surface area contributed by atoms with Gasteiger partial charge in [-0.2, -0.15) is 0 Å². The fourth-order valence-electron chi connectivity index (χ4n) is 6.00. The second kappa shape index (κ2) is 10.6. The Morgan fingerprint density at radius 1 is 1.22 bits per heavy atom. The number of carbonyl (C=O) groups excluding carboxylic acids is 1. The molecule has 1 saturated heterocycles. The molecule has 2 unspecified atom stereocenters. The van der Waals surface area contributed by atoms with E-state index < -0.39 is 4.87 Å². The average Bonchev–Trinajstić information content (AvgIpc) is 3.33. The molecule has 2 fully saturated rings. The number of likely N-dealkylation sites (tertiary alicyclic amines) is 1. The van der Waals surface area contributed by atoms with E-state index in [0.717, 1.165) is 49.4 Å². The number of amides is 2. The number of hydrogen-bond donors (Lipinski definition) is 0. The SMILES string of the molecule is CC1(Cl)C=C(CN(Cc2cccc(Cl)c2)C(=O)N2CCC3(C[C@@H]3CCCc3cccnc3)C2)C=CC1. The summed E-state index contributed by atoms with van der Waals surface area (Å²) in [6, 6.07) is 12.1. The van der Waals surface area contributed by atoms with Gasteiger partial charge in [0.05, 0.1) is 4.87 Å². The van der Waals surface area contributed by atoms with E-state index >= 15 is 0 Å². The summed E-state index contributed by atoms with van der Waals surface area (Å²) in [6.07, 6.45) is 16.8. The van der Waals surface area contributed by atoms with Crippen molar-refractivity contribution in [3.05, 3.63) is 88.7 Å². The van der Waals surface area contributed by atoms with Gasteiger partial charge in [0.15, 0.2) is 0 Å². The minimum atomic E-state index is -0.399. The zero-order valence-electron chi connectivity index (χ0n) is 21.0. The zero-order chi connectivity index (χ0) is 25.2. The molecule has 0 bridgehead atoms. The van der Waals surface area contributed by atoms with Crippen LogP contribution < -0.4 is 0 Å². The number of pyridine rings is 1. The Hall–Kier alpha value is -2.30. The first-order valence-electron chi connectivity index (χ1n) is 13.1. The first kappa shape index (κ1) is 25.4. The molecular weight excluding hydrogens is 489 g/mol. The van der Waals surface area contributed by atoms with E-state index in [1.807, 2.05) is 54.5 Å². The highest BCUT2D eigenvalue weighted by Gasteiger charge is 2.57.